The molecule has 1 heterocycles. The van der Waals surface area contributed by atoms with Crippen LogP contribution in [0.4, 0.5) is 10.3 Å². The van der Waals surface area contributed by atoms with Crippen LogP contribution in [0.15, 0.2) is 59.1 Å². The largest absolute Gasteiger partial charge is 0.481 e. The summed E-state index contributed by atoms with van der Waals surface area (Å²) >= 11 is 0. The second kappa shape index (κ2) is 7.17. The highest BCUT2D eigenvalue weighted by Crippen LogP contribution is 2.22. The van der Waals surface area contributed by atoms with Crippen molar-refractivity contribution in [1.29, 1.82) is 0 Å². The molecular weight excluding hydrogens is 323 g/mol. The number of ether oxygens (including phenoxy) is 1. The topological polar surface area (TPSA) is 64.4 Å². The van der Waals surface area contributed by atoms with Crippen LogP contribution in [0.3, 0.4) is 0 Å². The Morgan fingerprint density at radius 2 is 1.84 bits per heavy atom. The summed E-state index contributed by atoms with van der Waals surface area (Å²) in [7, 11) is 0. The summed E-state index contributed by atoms with van der Waals surface area (Å²) in [6.45, 7) is 3.59. The molecule has 5 nitrogen and oxygen atoms in total. The van der Waals surface area contributed by atoms with Crippen molar-refractivity contribution < 1.29 is 18.4 Å². The SMILES string of the molecule is Cc1ccc(-c2cc(NC(=O)[C@H](C)Oc3ccc(F)cc3)on2)cc1. The monoisotopic (exact) mass is 340 g/mol. The number of carbonyl (C=O) groups excluding carboxylic acids is 1. The Morgan fingerprint density at radius 3 is 2.52 bits per heavy atom. The van der Waals surface area contributed by atoms with Gasteiger partial charge in [-0.1, -0.05) is 35.0 Å². The third-order valence-corrected chi connectivity index (χ3v) is 3.60. The molecule has 0 aliphatic rings. The minimum absolute atomic E-state index is 0.232. The van der Waals surface area contributed by atoms with Gasteiger partial charge in [-0.3, -0.25) is 10.1 Å². The lowest BCUT2D eigenvalue weighted by molar-refractivity contribution is -0.122. The fourth-order valence-electron chi connectivity index (χ4n) is 2.19. The maximum absolute atomic E-state index is 12.9. The zero-order valence-electron chi connectivity index (χ0n) is 13.8. The van der Waals surface area contributed by atoms with Crippen molar-refractivity contribution >= 4 is 11.8 Å². The molecule has 0 aliphatic heterocycles. The van der Waals surface area contributed by atoms with Crippen molar-refractivity contribution in [3.05, 3.63) is 66.0 Å². The first-order chi connectivity index (χ1) is 12.0. The first-order valence-corrected chi connectivity index (χ1v) is 7.78. The number of hydrogen-bond donors (Lipinski definition) is 1. The summed E-state index contributed by atoms with van der Waals surface area (Å²) < 4.78 is 23.5. The molecule has 0 spiro atoms. The Hall–Kier alpha value is -3.15. The smallest absolute Gasteiger partial charge is 0.267 e. The molecule has 6 heteroatoms. The molecule has 1 aromatic heterocycles. The molecule has 0 radical (unpaired) electrons. The predicted molar refractivity (Wildman–Crippen MR) is 91.8 cm³/mol. The van der Waals surface area contributed by atoms with Gasteiger partial charge in [-0.25, -0.2) is 4.39 Å². The molecule has 3 aromatic rings. The van der Waals surface area contributed by atoms with Crippen LogP contribution in [0.1, 0.15) is 12.5 Å². The third-order valence-electron chi connectivity index (χ3n) is 3.60. The number of nitrogens with one attached hydrogen (secondary N) is 1. The minimum Gasteiger partial charge on any atom is -0.481 e. The maximum Gasteiger partial charge on any atom is 0.267 e. The average Bonchev–Trinajstić information content (AvgIpc) is 3.06. The van der Waals surface area contributed by atoms with Crippen molar-refractivity contribution in [2.24, 2.45) is 0 Å². The Bertz CT molecular complexity index is 857. The molecule has 0 unspecified atom stereocenters. The molecule has 2 aromatic carbocycles. The van der Waals surface area contributed by atoms with Gasteiger partial charge in [0.25, 0.3) is 5.91 Å². The summed E-state index contributed by atoms with van der Waals surface area (Å²) in [4.78, 5) is 12.2. The number of nitrogens with zero attached hydrogens (tertiary/aromatic N) is 1. The Labute approximate surface area is 144 Å². The number of hydrogen-bond acceptors (Lipinski definition) is 4. The van der Waals surface area contributed by atoms with Gasteiger partial charge >= 0.3 is 0 Å². The molecule has 0 aliphatic carbocycles. The summed E-state index contributed by atoms with van der Waals surface area (Å²) in [6.07, 6.45) is -0.779. The van der Waals surface area contributed by atoms with E-state index in [0.717, 1.165) is 11.1 Å². The molecule has 1 amide bonds. The fraction of sp³-hybridized carbons (Fsp3) is 0.158. The highest BCUT2D eigenvalue weighted by atomic mass is 19.1. The van der Waals surface area contributed by atoms with Gasteiger partial charge in [0.05, 0.1) is 0 Å². The van der Waals surface area contributed by atoms with Gasteiger partial charge in [0.2, 0.25) is 5.88 Å². The summed E-state index contributed by atoms with van der Waals surface area (Å²) in [6, 6.07) is 14.9. The van der Waals surface area contributed by atoms with Crippen LogP contribution in [0.2, 0.25) is 0 Å². The first-order valence-electron chi connectivity index (χ1n) is 7.78. The number of anilines is 1. The predicted octanol–water partition coefficient (Wildman–Crippen LogP) is 4.20. The second-order valence-corrected chi connectivity index (χ2v) is 5.65. The summed E-state index contributed by atoms with van der Waals surface area (Å²) in [5.41, 5.74) is 2.67. The number of halogens is 1. The number of amides is 1. The maximum atomic E-state index is 12.9. The van der Waals surface area contributed by atoms with Crippen LogP contribution >= 0.6 is 0 Å². The van der Waals surface area contributed by atoms with E-state index in [9.17, 15) is 9.18 Å². The van der Waals surface area contributed by atoms with Crippen LogP contribution in [0.25, 0.3) is 11.3 Å². The van der Waals surface area contributed by atoms with Gasteiger partial charge in [-0.2, -0.15) is 0 Å². The Balaban J connectivity index is 1.62. The van der Waals surface area contributed by atoms with Crippen LogP contribution < -0.4 is 10.1 Å². The lowest BCUT2D eigenvalue weighted by Crippen LogP contribution is -2.29. The number of aryl methyl sites for hydroxylation is 1. The van der Waals surface area contributed by atoms with Crippen molar-refractivity contribution in [3.8, 4) is 17.0 Å². The molecule has 1 N–H and O–H groups in total. The van der Waals surface area contributed by atoms with Crippen molar-refractivity contribution in [2.45, 2.75) is 20.0 Å². The van der Waals surface area contributed by atoms with E-state index >= 15 is 0 Å². The van der Waals surface area contributed by atoms with Gasteiger partial charge in [0.1, 0.15) is 17.3 Å². The molecule has 0 fully saturated rings. The van der Waals surface area contributed by atoms with E-state index in [-0.39, 0.29) is 11.7 Å². The summed E-state index contributed by atoms with van der Waals surface area (Å²) in [5, 5.41) is 6.56. The Morgan fingerprint density at radius 1 is 1.16 bits per heavy atom. The van der Waals surface area contributed by atoms with E-state index in [1.54, 1.807) is 13.0 Å². The number of carbonyl (C=O) groups is 1. The molecule has 0 saturated heterocycles. The van der Waals surface area contributed by atoms with Crippen molar-refractivity contribution in [3.63, 3.8) is 0 Å². The molecule has 128 valence electrons. The number of benzene rings is 2. The average molecular weight is 340 g/mol. The highest BCUT2D eigenvalue weighted by molar-refractivity contribution is 5.93. The normalized spacial score (nSPS) is 11.8. The van der Waals surface area contributed by atoms with Crippen LogP contribution in [-0.4, -0.2) is 17.2 Å². The van der Waals surface area contributed by atoms with Gasteiger partial charge in [0.15, 0.2) is 6.10 Å². The van der Waals surface area contributed by atoms with Crippen molar-refractivity contribution in [1.82, 2.24) is 5.16 Å². The lowest BCUT2D eigenvalue weighted by atomic mass is 10.1. The molecule has 0 bridgehead atoms. The van der Waals surface area contributed by atoms with Crippen LogP contribution in [0, 0.1) is 12.7 Å². The number of rotatable bonds is 5. The van der Waals surface area contributed by atoms with E-state index in [0.29, 0.717) is 11.4 Å². The van der Waals surface area contributed by atoms with Gasteiger partial charge in [0, 0.05) is 11.6 Å². The second-order valence-electron chi connectivity index (χ2n) is 5.65. The third kappa shape index (κ3) is 4.23. The zero-order valence-corrected chi connectivity index (χ0v) is 13.8. The molecule has 25 heavy (non-hydrogen) atoms. The molecule has 1 atom stereocenters. The fourth-order valence-corrected chi connectivity index (χ4v) is 2.19. The van der Waals surface area contributed by atoms with E-state index in [2.05, 4.69) is 10.5 Å². The number of aromatic nitrogens is 1. The zero-order chi connectivity index (χ0) is 17.8. The molecule has 3 rings (SSSR count). The van der Waals surface area contributed by atoms with Crippen LogP contribution in [0.5, 0.6) is 5.75 Å². The van der Waals surface area contributed by atoms with Gasteiger partial charge in [-0.05, 0) is 38.1 Å². The van der Waals surface area contributed by atoms with E-state index < -0.39 is 12.0 Å². The minimum atomic E-state index is -0.779. The standard InChI is InChI=1S/C19H17FN2O3/c1-12-3-5-14(6-4-12)17-11-18(25-22-17)21-19(23)13(2)24-16-9-7-15(20)8-10-16/h3-11,13H,1-2H3,(H,21,23)/t13-/m0/s1. The highest BCUT2D eigenvalue weighted by Gasteiger charge is 2.17. The van der Waals surface area contributed by atoms with Gasteiger partial charge < -0.3 is 9.26 Å². The van der Waals surface area contributed by atoms with Gasteiger partial charge in [-0.15, -0.1) is 0 Å². The Kier molecular flexibility index (Phi) is 4.79. The van der Waals surface area contributed by atoms with E-state index in [1.807, 2.05) is 31.2 Å². The lowest BCUT2D eigenvalue weighted by Gasteiger charge is -2.13. The van der Waals surface area contributed by atoms with Crippen molar-refractivity contribution in [2.75, 3.05) is 5.32 Å². The first kappa shape index (κ1) is 16.7. The van der Waals surface area contributed by atoms with E-state index in [4.69, 9.17) is 9.26 Å². The quantitative estimate of drug-likeness (QED) is 0.756. The van der Waals surface area contributed by atoms with E-state index in [1.165, 1.54) is 24.3 Å². The molecule has 0 saturated carbocycles. The molecular formula is C19H17FN2O3. The summed E-state index contributed by atoms with van der Waals surface area (Å²) in [5.74, 6) is -0.122. The van der Waals surface area contributed by atoms with Crippen LogP contribution in [-0.2, 0) is 4.79 Å².